The van der Waals surface area contributed by atoms with Gasteiger partial charge in [-0.2, -0.15) is 4.37 Å². The van der Waals surface area contributed by atoms with Crippen LogP contribution in [0.1, 0.15) is 12.6 Å². The van der Waals surface area contributed by atoms with Gasteiger partial charge in [-0.25, -0.2) is 9.97 Å². The maximum Gasteiger partial charge on any atom is 0.194 e. The van der Waals surface area contributed by atoms with Gasteiger partial charge in [0.2, 0.25) is 0 Å². The van der Waals surface area contributed by atoms with Gasteiger partial charge in [0.05, 0.1) is 5.69 Å². The third-order valence-electron chi connectivity index (χ3n) is 2.36. The molecule has 0 fully saturated rings. The van der Waals surface area contributed by atoms with Crippen LogP contribution >= 0.6 is 34.6 Å². The van der Waals surface area contributed by atoms with Crippen molar-refractivity contribution >= 4 is 39.6 Å². The predicted molar refractivity (Wildman–Crippen MR) is 74.5 cm³/mol. The minimum absolute atomic E-state index is 0.110. The van der Waals surface area contributed by atoms with E-state index in [0.29, 0.717) is 0 Å². The molecule has 3 heterocycles. The van der Waals surface area contributed by atoms with Gasteiger partial charge in [0, 0.05) is 24.0 Å². The summed E-state index contributed by atoms with van der Waals surface area (Å²) in [5.41, 5.74) is 7.07. The molecule has 18 heavy (non-hydrogen) atoms. The van der Waals surface area contributed by atoms with Crippen molar-refractivity contribution in [3.63, 3.8) is 0 Å². The number of aromatic nitrogens is 4. The fourth-order valence-electron chi connectivity index (χ4n) is 1.68. The fourth-order valence-corrected chi connectivity index (χ4v) is 3.96. The van der Waals surface area contributed by atoms with Crippen LogP contribution in [0.2, 0.25) is 0 Å². The number of nitrogens with two attached hydrogens (primary N) is 1. The van der Waals surface area contributed by atoms with Gasteiger partial charge < -0.3 is 5.73 Å². The maximum absolute atomic E-state index is 5.91. The van der Waals surface area contributed by atoms with Crippen LogP contribution in [-0.2, 0) is 6.42 Å². The zero-order valence-electron chi connectivity index (χ0n) is 9.61. The summed E-state index contributed by atoms with van der Waals surface area (Å²) in [5, 5.41) is 3.02. The Morgan fingerprint density at radius 1 is 1.56 bits per heavy atom. The van der Waals surface area contributed by atoms with Crippen LogP contribution in [-0.4, -0.2) is 24.8 Å². The third kappa shape index (κ3) is 2.28. The van der Waals surface area contributed by atoms with E-state index in [1.54, 1.807) is 29.4 Å². The Bertz CT molecular complexity index is 640. The highest BCUT2D eigenvalue weighted by Crippen LogP contribution is 2.32. The molecule has 8 heteroatoms. The van der Waals surface area contributed by atoms with Crippen LogP contribution in [0.15, 0.2) is 27.3 Å². The Morgan fingerprint density at radius 3 is 3.17 bits per heavy atom. The zero-order chi connectivity index (χ0) is 12.5. The number of nitrogens with zero attached hydrogens (tertiary/aromatic N) is 4. The largest absolute Gasteiger partial charge is 0.328 e. The molecular weight excluding hydrogens is 286 g/mol. The van der Waals surface area contributed by atoms with E-state index in [4.69, 9.17) is 5.73 Å². The lowest BCUT2D eigenvalue weighted by molar-refractivity contribution is 0.706. The lowest BCUT2D eigenvalue weighted by Gasteiger charge is -2.05. The lowest BCUT2D eigenvalue weighted by atomic mass is 10.2. The molecule has 0 aliphatic heterocycles. The Balaban J connectivity index is 2.01. The van der Waals surface area contributed by atoms with Crippen molar-refractivity contribution < 1.29 is 0 Å². The molecule has 0 bridgehead atoms. The molecular formula is C10H11N5S3. The molecule has 3 rings (SSSR count). The van der Waals surface area contributed by atoms with E-state index in [0.717, 1.165) is 26.4 Å². The average Bonchev–Trinajstić information content (AvgIpc) is 2.99. The molecule has 0 aliphatic carbocycles. The van der Waals surface area contributed by atoms with Gasteiger partial charge in [-0.05, 0) is 30.2 Å². The van der Waals surface area contributed by atoms with E-state index in [2.05, 4.69) is 18.7 Å². The molecule has 3 aromatic rings. The number of imidazole rings is 1. The quantitative estimate of drug-likeness (QED) is 0.800. The molecule has 0 amide bonds. The van der Waals surface area contributed by atoms with Gasteiger partial charge in [-0.1, -0.05) is 0 Å². The first-order valence-corrected chi connectivity index (χ1v) is 7.85. The highest BCUT2D eigenvalue weighted by atomic mass is 32.2. The summed E-state index contributed by atoms with van der Waals surface area (Å²) in [5.74, 6) is 0. The monoisotopic (exact) mass is 297 g/mol. The maximum atomic E-state index is 5.91. The Labute approximate surface area is 116 Å². The minimum Gasteiger partial charge on any atom is -0.328 e. The molecule has 1 unspecified atom stereocenters. The molecule has 0 aliphatic rings. The van der Waals surface area contributed by atoms with Gasteiger partial charge >= 0.3 is 0 Å². The standard InChI is InChI=1S/C10H11N5S3/c1-6(11)4-7-8(17-10-12-5-13-18-10)14-9-15(7)2-3-16-9/h2-3,5-6H,4,11H2,1H3. The zero-order valence-corrected chi connectivity index (χ0v) is 12.1. The highest BCUT2D eigenvalue weighted by molar-refractivity contribution is 8.00. The smallest absolute Gasteiger partial charge is 0.194 e. The van der Waals surface area contributed by atoms with E-state index in [1.807, 2.05) is 18.5 Å². The van der Waals surface area contributed by atoms with Crippen molar-refractivity contribution in [3.8, 4) is 0 Å². The molecule has 1 atom stereocenters. The van der Waals surface area contributed by atoms with Crippen LogP contribution < -0.4 is 5.73 Å². The second-order valence-corrected chi connectivity index (χ2v) is 6.80. The molecule has 2 N–H and O–H groups in total. The molecule has 3 aromatic heterocycles. The van der Waals surface area contributed by atoms with E-state index in [-0.39, 0.29) is 6.04 Å². The van der Waals surface area contributed by atoms with Crippen molar-refractivity contribution in [2.45, 2.75) is 28.8 Å². The summed E-state index contributed by atoms with van der Waals surface area (Å²) < 4.78 is 7.02. The normalized spacial score (nSPS) is 13.2. The summed E-state index contributed by atoms with van der Waals surface area (Å²) in [6.45, 7) is 2.01. The minimum atomic E-state index is 0.110. The van der Waals surface area contributed by atoms with Gasteiger partial charge in [-0.15, -0.1) is 11.3 Å². The molecule has 0 aromatic carbocycles. The molecule has 0 radical (unpaired) electrons. The number of thiazole rings is 1. The van der Waals surface area contributed by atoms with Crippen molar-refractivity contribution in [2.75, 3.05) is 0 Å². The van der Waals surface area contributed by atoms with E-state index < -0.39 is 0 Å². The van der Waals surface area contributed by atoms with E-state index >= 15 is 0 Å². The predicted octanol–water partition coefficient (Wildman–Crippen LogP) is 2.29. The third-order valence-corrected chi connectivity index (χ3v) is 4.86. The van der Waals surface area contributed by atoms with Crippen molar-refractivity contribution in [3.05, 3.63) is 23.6 Å². The first-order chi connectivity index (χ1) is 8.74. The van der Waals surface area contributed by atoms with Crippen LogP contribution in [0, 0.1) is 0 Å². The number of rotatable bonds is 4. The van der Waals surface area contributed by atoms with Gasteiger partial charge in [0.1, 0.15) is 11.4 Å². The van der Waals surface area contributed by atoms with Crippen LogP contribution in [0.4, 0.5) is 0 Å². The van der Waals surface area contributed by atoms with Crippen LogP contribution in [0.3, 0.4) is 0 Å². The summed E-state index contributed by atoms with van der Waals surface area (Å²) in [6.07, 6.45) is 4.41. The SMILES string of the molecule is CC(N)Cc1c(Sc2ncns2)nc2sccn12. The average molecular weight is 297 g/mol. The van der Waals surface area contributed by atoms with Gasteiger partial charge in [0.15, 0.2) is 9.30 Å². The highest BCUT2D eigenvalue weighted by Gasteiger charge is 2.16. The second kappa shape index (κ2) is 4.96. The first-order valence-electron chi connectivity index (χ1n) is 5.38. The summed E-state index contributed by atoms with van der Waals surface area (Å²) in [6, 6.07) is 0.110. The van der Waals surface area contributed by atoms with Gasteiger partial charge in [-0.3, -0.25) is 4.40 Å². The number of hydrogen-bond acceptors (Lipinski definition) is 7. The number of fused-ring (bicyclic) bond motifs is 1. The van der Waals surface area contributed by atoms with Crippen LogP contribution in [0.5, 0.6) is 0 Å². The summed E-state index contributed by atoms with van der Waals surface area (Å²) >= 11 is 4.57. The topological polar surface area (TPSA) is 69.1 Å². The first kappa shape index (κ1) is 12.1. The lowest BCUT2D eigenvalue weighted by Crippen LogP contribution is -2.19. The molecule has 0 saturated heterocycles. The van der Waals surface area contributed by atoms with E-state index in [9.17, 15) is 0 Å². The van der Waals surface area contributed by atoms with E-state index in [1.165, 1.54) is 11.5 Å². The molecule has 5 nitrogen and oxygen atoms in total. The van der Waals surface area contributed by atoms with Gasteiger partial charge in [0.25, 0.3) is 0 Å². The fraction of sp³-hybridized carbons (Fsp3) is 0.300. The summed E-state index contributed by atoms with van der Waals surface area (Å²) in [4.78, 5) is 9.81. The molecule has 0 saturated carbocycles. The Morgan fingerprint density at radius 2 is 2.44 bits per heavy atom. The van der Waals surface area contributed by atoms with Crippen molar-refractivity contribution in [2.24, 2.45) is 5.73 Å². The van der Waals surface area contributed by atoms with Crippen molar-refractivity contribution in [1.82, 2.24) is 18.7 Å². The molecule has 0 spiro atoms. The summed E-state index contributed by atoms with van der Waals surface area (Å²) in [7, 11) is 0. The Kier molecular flexibility index (Phi) is 3.33. The Hall–Kier alpha value is -0.960. The molecule has 94 valence electrons. The number of hydrogen-bond donors (Lipinski definition) is 1. The second-order valence-electron chi connectivity index (χ2n) is 3.91. The van der Waals surface area contributed by atoms with Crippen LogP contribution in [0.25, 0.3) is 4.96 Å². The van der Waals surface area contributed by atoms with Crippen molar-refractivity contribution in [1.29, 1.82) is 0 Å².